The molecule has 0 aliphatic heterocycles. The fourth-order valence-corrected chi connectivity index (χ4v) is 15.4. The number of nitrogens with zero attached hydrogens (tertiary/aromatic N) is 4. The molecule has 344 valence electrons. The molecule has 0 spiro atoms. The number of sulfonamides is 4. The van der Waals surface area contributed by atoms with E-state index in [2.05, 4.69) is 13.2 Å². The predicted octanol–water partition coefficient (Wildman–Crippen LogP) is 7.45. The van der Waals surface area contributed by atoms with Crippen LogP contribution in [0.3, 0.4) is 0 Å². The van der Waals surface area contributed by atoms with E-state index in [1.54, 1.807) is 109 Å². The van der Waals surface area contributed by atoms with Gasteiger partial charge in [0.05, 0.1) is 19.6 Å². The number of hydrogen-bond acceptors (Lipinski definition) is 8. The average Bonchev–Trinajstić information content (AvgIpc) is 4.05. The zero-order valence-corrected chi connectivity index (χ0v) is 40.2. The molecule has 0 fully saturated rings. The molecule has 65 heavy (non-hydrogen) atoms. The first-order valence-electron chi connectivity index (χ1n) is 21.4. The number of rotatable bonds is 18. The Hall–Kier alpha value is -4.78. The van der Waals surface area contributed by atoms with E-state index in [-0.39, 0.29) is 51.9 Å². The van der Waals surface area contributed by atoms with Crippen molar-refractivity contribution in [2.75, 3.05) is 13.1 Å². The minimum atomic E-state index is -4.29. The standard InChI is InChI=1S/C49H56N4O8S4/c1-7-31-50(62(54,55)46-23-9-36(3)10-24-46)40-17-19-42(33-40)52(64(58,59)48-27-13-38(5)14-28-48)44-21-22-45(35-44)53(65(60,61)49-29-15-39(6)16-30-49)43-20-18-41(34-43)51(32-8-2)63(56,57)47-25-11-37(4)12-26-47/h7-30,40-45H,1-2,31-35H2,3-6H3. The quantitative estimate of drug-likeness (QED) is 0.0935. The third-order valence-electron chi connectivity index (χ3n) is 12.2. The lowest BCUT2D eigenvalue weighted by Gasteiger charge is -2.36. The molecule has 0 aromatic heterocycles. The third kappa shape index (κ3) is 9.86. The molecule has 0 saturated carbocycles. The largest absolute Gasteiger partial charge is 0.244 e. The van der Waals surface area contributed by atoms with Gasteiger partial charge in [0.25, 0.3) is 0 Å². The second-order valence-electron chi connectivity index (χ2n) is 16.9. The molecule has 4 aromatic carbocycles. The van der Waals surface area contributed by atoms with Gasteiger partial charge >= 0.3 is 0 Å². The summed E-state index contributed by atoms with van der Waals surface area (Å²) in [4.78, 5) is 0.279. The average molecular weight is 957 g/mol. The van der Waals surface area contributed by atoms with Crippen molar-refractivity contribution >= 4 is 40.1 Å². The summed E-state index contributed by atoms with van der Waals surface area (Å²) in [5.41, 5.74) is 3.51. The second kappa shape index (κ2) is 19.2. The summed E-state index contributed by atoms with van der Waals surface area (Å²) in [7, 11) is -16.7. The van der Waals surface area contributed by atoms with Crippen LogP contribution in [0.2, 0.25) is 0 Å². The van der Waals surface area contributed by atoms with Crippen LogP contribution < -0.4 is 0 Å². The molecule has 12 nitrogen and oxygen atoms in total. The van der Waals surface area contributed by atoms with Gasteiger partial charge < -0.3 is 0 Å². The van der Waals surface area contributed by atoms with Crippen molar-refractivity contribution in [2.45, 2.75) is 103 Å². The van der Waals surface area contributed by atoms with E-state index < -0.39 is 76.3 Å². The normalized spacial score (nSPS) is 22.5. The highest BCUT2D eigenvalue weighted by Crippen LogP contribution is 2.39. The molecule has 6 atom stereocenters. The highest BCUT2D eigenvalue weighted by molar-refractivity contribution is 7.90. The van der Waals surface area contributed by atoms with Crippen LogP contribution in [0.5, 0.6) is 0 Å². The Balaban J connectivity index is 1.23. The summed E-state index contributed by atoms with van der Waals surface area (Å²) in [6, 6.07) is 21.2. The van der Waals surface area contributed by atoms with Gasteiger partial charge in [-0.05, 0) is 95.5 Å². The third-order valence-corrected chi connectivity index (χ3v) is 20.0. The number of benzene rings is 4. The summed E-state index contributed by atoms with van der Waals surface area (Å²) in [5, 5.41) is 0. The topological polar surface area (TPSA) is 150 Å². The maximum absolute atomic E-state index is 15.0. The highest BCUT2D eigenvalue weighted by atomic mass is 32.2. The molecule has 6 unspecified atom stereocenters. The van der Waals surface area contributed by atoms with E-state index in [0.29, 0.717) is 0 Å². The Kier molecular flexibility index (Phi) is 14.2. The van der Waals surface area contributed by atoms with Crippen LogP contribution in [0.4, 0.5) is 0 Å². The van der Waals surface area contributed by atoms with Gasteiger partial charge in [0.15, 0.2) is 0 Å². The summed E-state index contributed by atoms with van der Waals surface area (Å²) in [6.45, 7) is 15.0. The van der Waals surface area contributed by atoms with Gasteiger partial charge in [0.1, 0.15) is 0 Å². The summed E-state index contributed by atoms with van der Waals surface area (Å²) in [6.07, 6.45) is 13.5. The van der Waals surface area contributed by atoms with E-state index in [9.17, 15) is 33.7 Å². The zero-order valence-electron chi connectivity index (χ0n) is 37.0. The number of aryl methyl sites for hydroxylation is 4. The Morgan fingerprint density at radius 2 is 0.600 bits per heavy atom. The Morgan fingerprint density at radius 1 is 0.385 bits per heavy atom. The summed E-state index contributed by atoms with van der Waals surface area (Å²) in [5.74, 6) is 0. The lowest BCUT2D eigenvalue weighted by molar-refractivity contribution is 0.240. The highest BCUT2D eigenvalue weighted by Gasteiger charge is 2.47. The minimum Gasteiger partial charge on any atom is -0.207 e. The van der Waals surface area contributed by atoms with Gasteiger partial charge in [-0.3, -0.25) is 0 Å². The Morgan fingerprint density at radius 3 is 0.846 bits per heavy atom. The predicted molar refractivity (Wildman–Crippen MR) is 255 cm³/mol. The molecule has 4 aromatic rings. The van der Waals surface area contributed by atoms with Gasteiger partial charge in [-0.25, -0.2) is 33.7 Å². The lowest BCUT2D eigenvalue weighted by Crippen LogP contribution is -2.50. The Labute approximate surface area is 385 Å². The molecule has 3 aliphatic rings. The first-order chi connectivity index (χ1) is 30.8. The van der Waals surface area contributed by atoms with Crippen LogP contribution in [-0.4, -0.2) is 100 Å². The first kappa shape index (κ1) is 48.2. The van der Waals surface area contributed by atoms with Crippen molar-refractivity contribution in [2.24, 2.45) is 0 Å². The molecule has 0 radical (unpaired) electrons. The molecular formula is C49H56N4O8S4. The van der Waals surface area contributed by atoms with Crippen molar-refractivity contribution < 1.29 is 33.7 Å². The van der Waals surface area contributed by atoms with Crippen LogP contribution in [0, 0.1) is 27.7 Å². The minimum absolute atomic E-state index is 0.0215. The SMILES string of the molecule is C=CCN(C1C=CC(N(C2C=CC(N(C3C=CC(N(CC=C)S(=O)(=O)c4ccc(C)cc4)C3)S(=O)(=O)c3ccc(C)cc3)C2)S(=O)(=O)c2ccc(C)cc2)C1)S(=O)(=O)c1ccc(C)cc1. The van der Waals surface area contributed by atoms with E-state index in [1.807, 2.05) is 27.7 Å². The molecule has 3 aliphatic carbocycles. The Bertz CT molecular complexity index is 2730. The number of hydrogen-bond donors (Lipinski definition) is 0. The fourth-order valence-electron chi connectivity index (χ4n) is 8.80. The molecule has 7 rings (SSSR count). The van der Waals surface area contributed by atoms with Crippen molar-refractivity contribution in [1.82, 2.24) is 17.2 Å². The molecular weight excluding hydrogens is 901 g/mol. The van der Waals surface area contributed by atoms with Gasteiger partial charge in [-0.2, -0.15) is 17.2 Å². The van der Waals surface area contributed by atoms with Crippen LogP contribution in [0.1, 0.15) is 41.5 Å². The molecule has 0 saturated heterocycles. The maximum atomic E-state index is 15.0. The fraction of sp³-hybridized carbons (Fsp3) is 0.306. The van der Waals surface area contributed by atoms with Gasteiger partial charge in [-0.1, -0.05) is 119 Å². The van der Waals surface area contributed by atoms with E-state index in [0.717, 1.165) is 22.3 Å². The van der Waals surface area contributed by atoms with Crippen molar-refractivity contribution in [3.05, 3.63) is 181 Å². The van der Waals surface area contributed by atoms with Gasteiger partial charge in [0, 0.05) is 49.3 Å². The van der Waals surface area contributed by atoms with Crippen LogP contribution >= 0.6 is 0 Å². The summed E-state index contributed by atoms with van der Waals surface area (Å²) < 4.78 is 122. The van der Waals surface area contributed by atoms with E-state index in [1.165, 1.54) is 53.6 Å². The van der Waals surface area contributed by atoms with E-state index >= 15 is 0 Å². The molecule has 0 heterocycles. The van der Waals surface area contributed by atoms with Crippen molar-refractivity contribution in [1.29, 1.82) is 0 Å². The van der Waals surface area contributed by atoms with Crippen molar-refractivity contribution in [3.63, 3.8) is 0 Å². The molecule has 0 bridgehead atoms. The van der Waals surface area contributed by atoms with Gasteiger partial charge in [0.2, 0.25) is 40.1 Å². The van der Waals surface area contributed by atoms with Crippen LogP contribution in [0.25, 0.3) is 0 Å². The summed E-state index contributed by atoms with van der Waals surface area (Å²) >= 11 is 0. The first-order valence-corrected chi connectivity index (χ1v) is 27.2. The lowest BCUT2D eigenvalue weighted by atomic mass is 10.1. The van der Waals surface area contributed by atoms with E-state index in [4.69, 9.17) is 0 Å². The monoisotopic (exact) mass is 956 g/mol. The van der Waals surface area contributed by atoms with Crippen LogP contribution in [0.15, 0.2) is 178 Å². The smallest absolute Gasteiger partial charge is 0.207 e. The van der Waals surface area contributed by atoms with Gasteiger partial charge in [-0.15, -0.1) is 13.2 Å². The van der Waals surface area contributed by atoms with Crippen LogP contribution in [-0.2, 0) is 40.1 Å². The molecule has 16 heteroatoms. The molecule has 0 N–H and O–H groups in total. The second-order valence-corrected chi connectivity index (χ2v) is 24.4. The van der Waals surface area contributed by atoms with Crippen molar-refractivity contribution in [3.8, 4) is 0 Å². The maximum Gasteiger partial charge on any atom is 0.244 e. The molecule has 0 amide bonds. The zero-order chi connectivity index (χ0) is 46.9.